The summed E-state index contributed by atoms with van der Waals surface area (Å²) in [5.74, 6) is 0.538. The van der Waals surface area contributed by atoms with Crippen molar-refractivity contribution in [3.63, 3.8) is 0 Å². The van der Waals surface area contributed by atoms with E-state index >= 15 is 0 Å². The first-order valence-electron chi connectivity index (χ1n) is 10.1. The second-order valence-corrected chi connectivity index (χ2v) is 8.13. The molecule has 4 heterocycles. The van der Waals surface area contributed by atoms with Gasteiger partial charge in [-0.25, -0.2) is 4.79 Å². The van der Waals surface area contributed by atoms with Gasteiger partial charge in [0.25, 0.3) is 0 Å². The van der Waals surface area contributed by atoms with Crippen molar-refractivity contribution < 1.29 is 14.4 Å². The van der Waals surface area contributed by atoms with Gasteiger partial charge >= 0.3 is 6.03 Å². The average Bonchev–Trinajstić information content (AvgIpc) is 3.35. The number of nitrogens with one attached hydrogen (secondary N) is 1. The van der Waals surface area contributed by atoms with Crippen molar-refractivity contribution in [2.24, 2.45) is 5.92 Å². The summed E-state index contributed by atoms with van der Waals surface area (Å²) < 4.78 is 1.95. The SMILES string of the molecule is CN1CC(=O)N2C[C@@H](NC(=O)N3CCC(CCn4cccn4)CC3)C[C@H]2C1=O. The van der Waals surface area contributed by atoms with E-state index in [1.807, 2.05) is 21.8 Å². The number of carbonyl (C=O) groups excluding carboxylic acids is 3. The zero-order chi connectivity index (χ0) is 19.7. The van der Waals surface area contributed by atoms with Gasteiger partial charge in [-0.3, -0.25) is 14.3 Å². The quantitative estimate of drug-likeness (QED) is 0.794. The third-order valence-electron chi connectivity index (χ3n) is 6.21. The summed E-state index contributed by atoms with van der Waals surface area (Å²) in [6.07, 6.45) is 7.34. The minimum atomic E-state index is -0.426. The molecular weight excluding hydrogens is 360 g/mol. The minimum absolute atomic E-state index is 0.0330. The highest BCUT2D eigenvalue weighted by molar-refractivity contribution is 5.95. The Hall–Kier alpha value is -2.58. The Kier molecular flexibility index (Phi) is 5.23. The van der Waals surface area contributed by atoms with Crippen molar-refractivity contribution in [3.8, 4) is 0 Å². The fraction of sp³-hybridized carbons (Fsp3) is 0.684. The van der Waals surface area contributed by atoms with Gasteiger partial charge in [-0.05, 0) is 37.7 Å². The lowest BCUT2D eigenvalue weighted by molar-refractivity contribution is -0.152. The predicted molar refractivity (Wildman–Crippen MR) is 101 cm³/mol. The maximum Gasteiger partial charge on any atom is 0.317 e. The van der Waals surface area contributed by atoms with E-state index in [0.717, 1.165) is 38.9 Å². The van der Waals surface area contributed by atoms with E-state index < -0.39 is 6.04 Å². The molecule has 3 aliphatic heterocycles. The standard InChI is InChI=1S/C19H28N6O3/c1-22-13-17(26)25-12-15(11-16(25)18(22)27)21-19(28)23-8-3-14(4-9-23)5-10-24-7-2-6-20-24/h2,6-7,14-16H,3-5,8-13H2,1H3,(H,21,28)/t15-,16-/m0/s1. The van der Waals surface area contributed by atoms with Gasteiger partial charge in [-0.2, -0.15) is 5.10 Å². The Morgan fingerprint density at radius 3 is 2.79 bits per heavy atom. The molecule has 9 nitrogen and oxygen atoms in total. The van der Waals surface area contributed by atoms with Crippen molar-refractivity contribution >= 4 is 17.8 Å². The largest absolute Gasteiger partial charge is 0.335 e. The molecule has 152 valence electrons. The van der Waals surface area contributed by atoms with Crippen LogP contribution in [0.15, 0.2) is 18.5 Å². The summed E-state index contributed by atoms with van der Waals surface area (Å²) in [6.45, 7) is 2.96. The zero-order valence-corrected chi connectivity index (χ0v) is 16.3. The van der Waals surface area contributed by atoms with Gasteiger partial charge in [0.15, 0.2) is 0 Å². The molecule has 0 unspecified atom stereocenters. The number of hydrogen-bond donors (Lipinski definition) is 1. The number of likely N-dealkylation sites (tertiary alicyclic amines) is 1. The van der Waals surface area contributed by atoms with Gasteiger partial charge in [0.2, 0.25) is 11.8 Å². The summed E-state index contributed by atoms with van der Waals surface area (Å²) in [5.41, 5.74) is 0. The van der Waals surface area contributed by atoms with Crippen LogP contribution in [0.1, 0.15) is 25.7 Å². The molecule has 3 fully saturated rings. The number of carbonyl (C=O) groups is 3. The molecule has 9 heteroatoms. The van der Waals surface area contributed by atoms with Gasteiger partial charge < -0.3 is 20.0 Å². The number of rotatable bonds is 4. The fourth-order valence-corrected chi connectivity index (χ4v) is 4.51. The third kappa shape index (κ3) is 3.83. The fourth-order valence-electron chi connectivity index (χ4n) is 4.51. The lowest BCUT2D eigenvalue weighted by Gasteiger charge is -2.33. The van der Waals surface area contributed by atoms with Gasteiger partial charge in [0.05, 0.1) is 12.6 Å². The molecule has 1 aromatic heterocycles. The van der Waals surface area contributed by atoms with E-state index in [-0.39, 0.29) is 30.4 Å². The lowest BCUT2D eigenvalue weighted by atomic mass is 9.94. The number of aryl methyl sites for hydroxylation is 1. The first-order valence-corrected chi connectivity index (χ1v) is 10.1. The van der Waals surface area contributed by atoms with Crippen LogP contribution in [0.5, 0.6) is 0 Å². The van der Waals surface area contributed by atoms with E-state index in [1.54, 1.807) is 18.1 Å². The topological polar surface area (TPSA) is 90.8 Å². The molecule has 3 aliphatic rings. The highest BCUT2D eigenvalue weighted by Crippen LogP contribution is 2.25. The highest BCUT2D eigenvalue weighted by atomic mass is 16.2. The molecule has 1 N–H and O–H groups in total. The lowest BCUT2D eigenvalue weighted by Crippen LogP contribution is -2.56. The van der Waals surface area contributed by atoms with Crippen LogP contribution in [0.25, 0.3) is 0 Å². The molecule has 4 amide bonds. The van der Waals surface area contributed by atoms with Crippen LogP contribution >= 0.6 is 0 Å². The third-order valence-corrected chi connectivity index (χ3v) is 6.21. The first kappa shape index (κ1) is 18.8. The molecule has 2 atom stereocenters. The van der Waals surface area contributed by atoms with Crippen LogP contribution < -0.4 is 5.32 Å². The molecule has 0 aromatic carbocycles. The van der Waals surface area contributed by atoms with E-state index in [1.165, 1.54) is 4.90 Å². The Balaban J connectivity index is 1.23. The average molecular weight is 388 g/mol. The maximum atomic E-state index is 12.6. The number of fused-ring (bicyclic) bond motifs is 1. The summed E-state index contributed by atoms with van der Waals surface area (Å²) >= 11 is 0. The highest BCUT2D eigenvalue weighted by Gasteiger charge is 2.45. The molecule has 0 spiro atoms. The monoisotopic (exact) mass is 388 g/mol. The van der Waals surface area contributed by atoms with Crippen LogP contribution in [0.4, 0.5) is 4.79 Å². The minimum Gasteiger partial charge on any atom is -0.335 e. The second-order valence-electron chi connectivity index (χ2n) is 8.13. The van der Waals surface area contributed by atoms with Crippen molar-refractivity contribution in [2.45, 2.75) is 44.3 Å². The van der Waals surface area contributed by atoms with Crippen LogP contribution in [0.3, 0.4) is 0 Å². The molecule has 3 saturated heterocycles. The second kappa shape index (κ2) is 7.81. The number of piperazine rings is 1. The number of likely N-dealkylation sites (N-methyl/N-ethyl adjacent to an activating group) is 1. The summed E-state index contributed by atoms with van der Waals surface area (Å²) in [5, 5.41) is 7.27. The van der Waals surface area contributed by atoms with Crippen LogP contribution in [0.2, 0.25) is 0 Å². The number of nitrogens with zero attached hydrogens (tertiary/aromatic N) is 5. The molecular formula is C19H28N6O3. The van der Waals surface area contributed by atoms with Crippen molar-refractivity contribution in [1.29, 1.82) is 0 Å². The molecule has 4 rings (SSSR count). The molecule has 0 radical (unpaired) electrons. The van der Waals surface area contributed by atoms with Gasteiger partial charge in [-0.1, -0.05) is 0 Å². The molecule has 0 saturated carbocycles. The molecule has 1 aromatic rings. The Morgan fingerprint density at radius 1 is 1.29 bits per heavy atom. The maximum absolute atomic E-state index is 12.6. The van der Waals surface area contributed by atoms with E-state index in [9.17, 15) is 14.4 Å². The predicted octanol–water partition coefficient (Wildman–Crippen LogP) is 0.136. The smallest absolute Gasteiger partial charge is 0.317 e. The first-order chi connectivity index (χ1) is 13.5. The Bertz CT molecular complexity index is 728. The summed E-state index contributed by atoms with van der Waals surface area (Å²) in [6, 6.07) is 1.27. The number of aromatic nitrogens is 2. The number of hydrogen-bond acceptors (Lipinski definition) is 4. The van der Waals surface area contributed by atoms with E-state index in [2.05, 4.69) is 10.4 Å². The normalized spacial score (nSPS) is 26.0. The molecule has 28 heavy (non-hydrogen) atoms. The Labute approximate surface area is 164 Å². The van der Waals surface area contributed by atoms with Crippen molar-refractivity contribution in [3.05, 3.63) is 18.5 Å². The molecule has 0 bridgehead atoms. The van der Waals surface area contributed by atoms with Crippen LogP contribution in [0, 0.1) is 5.92 Å². The van der Waals surface area contributed by atoms with Gasteiger partial charge in [0.1, 0.15) is 6.04 Å². The van der Waals surface area contributed by atoms with Gasteiger partial charge in [-0.15, -0.1) is 0 Å². The molecule has 0 aliphatic carbocycles. The number of urea groups is 1. The number of amides is 4. The zero-order valence-electron chi connectivity index (χ0n) is 16.3. The van der Waals surface area contributed by atoms with Crippen molar-refractivity contribution in [1.82, 2.24) is 29.8 Å². The van der Waals surface area contributed by atoms with Crippen molar-refractivity contribution in [2.75, 3.05) is 33.2 Å². The number of piperidine rings is 1. The van der Waals surface area contributed by atoms with E-state index in [0.29, 0.717) is 18.9 Å². The summed E-state index contributed by atoms with van der Waals surface area (Å²) in [4.78, 5) is 42.0. The van der Waals surface area contributed by atoms with Crippen LogP contribution in [-0.2, 0) is 16.1 Å². The van der Waals surface area contributed by atoms with Crippen LogP contribution in [-0.4, -0.2) is 87.6 Å². The summed E-state index contributed by atoms with van der Waals surface area (Å²) in [7, 11) is 1.65. The van der Waals surface area contributed by atoms with E-state index in [4.69, 9.17) is 0 Å². The Morgan fingerprint density at radius 2 is 2.07 bits per heavy atom. The van der Waals surface area contributed by atoms with Gasteiger partial charge in [0, 0.05) is 45.6 Å².